The average molecular weight is 267 g/mol. The van der Waals surface area contributed by atoms with E-state index in [1.54, 1.807) is 7.11 Å². The van der Waals surface area contributed by atoms with Crippen LogP contribution in [0.15, 0.2) is 49.0 Å². The maximum absolute atomic E-state index is 9.52. The second-order valence-corrected chi connectivity index (χ2v) is 4.97. The molecule has 2 aromatic rings. The van der Waals surface area contributed by atoms with Crippen molar-refractivity contribution in [1.82, 2.24) is 5.48 Å². The zero-order valence-corrected chi connectivity index (χ0v) is 11.4. The van der Waals surface area contributed by atoms with Crippen LogP contribution in [0.25, 0.3) is 5.57 Å². The maximum Gasteiger partial charge on any atom is 0.119 e. The summed E-state index contributed by atoms with van der Waals surface area (Å²) in [4.78, 5) is 0. The predicted octanol–water partition coefficient (Wildman–Crippen LogP) is 3.33. The van der Waals surface area contributed by atoms with E-state index >= 15 is 0 Å². The van der Waals surface area contributed by atoms with Crippen LogP contribution in [-0.2, 0) is 6.42 Å². The summed E-state index contributed by atoms with van der Waals surface area (Å²) in [7, 11) is 1.64. The molecule has 1 unspecified atom stereocenters. The molecular weight excluding hydrogens is 250 g/mol. The van der Waals surface area contributed by atoms with E-state index in [1.807, 2.05) is 30.3 Å². The number of hydrogen-bond donors (Lipinski definition) is 2. The first-order valence-corrected chi connectivity index (χ1v) is 6.59. The largest absolute Gasteiger partial charge is 0.497 e. The van der Waals surface area contributed by atoms with Crippen LogP contribution >= 0.6 is 0 Å². The molecule has 0 heterocycles. The van der Waals surface area contributed by atoms with Gasteiger partial charge in [-0.2, -0.15) is 5.48 Å². The van der Waals surface area contributed by atoms with Crippen LogP contribution in [-0.4, -0.2) is 12.3 Å². The molecule has 0 spiro atoms. The van der Waals surface area contributed by atoms with Crippen molar-refractivity contribution in [2.24, 2.45) is 0 Å². The molecule has 20 heavy (non-hydrogen) atoms. The highest BCUT2D eigenvalue weighted by Crippen LogP contribution is 2.37. The first kappa shape index (κ1) is 12.9. The molecule has 1 aliphatic carbocycles. The van der Waals surface area contributed by atoms with Gasteiger partial charge in [0.15, 0.2) is 0 Å². The van der Waals surface area contributed by atoms with Crippen LogP contribution in [0.4, 0.5) is 0 Å². The molecule has 1 atom stereocenters. The molecule has 0 aromatic heterocycles. The lowest BCUT2D eigenvalue weighted by Gasteiger charge is -2.17. The SMILES string of the molecule is C=C1c2ccccc2CC(NO)c2cc(OC)ccc21. The van der Waals surface area contributed by atoms with Gasteiger partial charge in [-0.05, 0) is 46.4 Å². The minimum absolute atomic E-state index is 0.166. The number of hydroxylamine groups is 1. The lowest BCUT2D eigenvalue weighted by molar-refractivity contribution is 0.126. The summed E-state index contributed by atoms with van der Waals surface area (Å²) in [6.45, 7) is 4.23. The van der Waals surface area contributed by atoms with Gasteiger partial charge in [0.05, 0.1) is 13.2 Å². The van der Waals surface area contributed by atoms with Crippen LogP contribution in [0.1, 0.15) is 28.3 Å². The van der Waals surface area contributed by atoms with Gasteiger partial charge in [0.1, 0.15) is 5.75 Å². The van der Waals surface area contributed by atoms with E-state index in [1.165, 1.54) is 5.56 Å². The first-order valence-electron chi connectivity index (χ1n) is 6.59. The van der Waals surface area contributed by atoms with Gasteiger partial charge in [-0.25, -0.2) is 0 Å². The fraction of sp³-hybridized carbons (Fsp3) is 0.176. The zero-order valence-electron chi connectivity index (χ0n) is 11.4. The van der Waals surface area contributed by atoms with Crippen molar-refractivity contribution in [1.29, 1.82) is 0 Å². The quantitative estimate of drug-likeness (QED) is 0.820. The van der Waals surface area contributed by atoms with E-state index < -0.39 is 0 Å². The molecule has 3 heteroatoms. The molecule has 3 rings (SSSR count). The third-order valence-electron chi connectivity index (χ3n) is 3.88. The maximum atomic E-state index is 9.52. The summed E-state index contributed by atoms with van der Waals surface area (Å²) in [6.07, 6.45) is 0.714. The van der Waals surface area contributed by atoms with Crippen molar-refractivity contribution in [3.63, 3.8) is 0 Å². The van der Waals surface area contributed by atoms with Gasteiger partial charge < -0.3 is 9.94 Å². The van der Waals surface area contributed by atoms with Gasteiger partial charge in [0.25, 0.3) is 0 Å². The van der Waals surface area contributed by atoms with Crippen LogP contribution in [0.5, 0.6) is 5.75 Å². The number of rotatable bonds is 2. The highest BCUT2D eigenvalue weighted by molar-refractivity contribution is 5.83. The third-order valence-corrected chi connectivity index (χ3v) is 3.88. The monoisotopic (exact) mass is 267 g/mol. The van der Waals surface area contributed by atoms with E-state index in [2.05, 4.69) is 24.2 Å². The van der Waals surface area contributed by atoms with Gasteiger partial charge in [-0.1, -0.05) is 36.9 Å². The van der Waals surface area contributed by atoms with Crippen molar-refractivity contribution in [3.05, 3.63) is 71.3 Å². The predicted molar refractivity (Wildman–Crippen MR) is 78.9 cm³/mol. The molecule has 0 fully saturated rings. The van der Waals surface area contributed by atoms with E-state index in [4.69, 9.17) is 4.74 Å². The second-order valence-electron chi connectivity index (χ2n) is 4.97. The second kappa shape index (κ2) is 5.12. The fourth-order valence-electron chi connectivity index (χ4n) is 2.81. The molecule has 102 valence electrons. The van der Waals surface area contributed by atoms with E-state index in [-0.39, 0.29) is 6.04 Å². The van der Waals surface area contributed by atoms with Gasteiger partial charge in [-0.3, -0.25) is 0 Å². The highest BCUT2D eigenvalue weighted by Gasteiger charge is 2.24. The summed E-state index contributed by atoms with van der Waals surface area (Å²) >= 11 is 0. The van der Waals surface area contributed by atoms with Gasteiger partial charge in [0, 0.05) is 0 Å². The van der Waals surface area contributed by atoms with Crippen LogP contribution in [0.2, 0.25) is 0 Å². The topological polar surface area (TPSA) is 41.5 Å². The van der Waals surface area contributed by atoms with Crippen LogP contribution in [0.3, 0.4) is 0 Å². The summed E-state index contributed by atoms with van der Waals surface area (Å²) in [5.74, 6) is 0.780. The standard InChI is InChI=1S/C17H17NO2/c1-11-14-6-4-3-5-12(14)9-17(18-19)16-10-13(20-2)7-8-15(11)16/h3-8,10,17-19H,1,9H2,2H3. The molecular formula is C17H17NO2. The minimum Gasteiger partial charge on any atom is -0.497 e. The molecule has 0 saturated heterocycles. The number of ether oxygens (including phenoxy) is 1. The van der Waals surface area contributed by atoms with Gasteiger partial charge in [-0.15, -0.1) is 0 Å². The van der Waals surface area contributed by atoms with Crippen molar-refractivity contribution >= 4 is 5.57 Å². The summed E-state index contributed by atoms with van der Waals surface area (Å²) in [5.41, 5.74) is 7.77. The number of fused-ring (bicyclic) bond motifs is 2. The number of nitrogens with one attached hydrogen (secondary N) is 1. The minimum atomic E-state index is -0.166. The molecule has 0 saturated carbocycles. The molecule has 3 nitrogen and oxygen atoms in total. The Morgan fingerprint density at radius 2 is 2.00 bits per heavy atom. The molecule has 0 radical (unpaired) electrons. The van der Waals surface area contributed by atoms with E-state index in [0.29, 0.717) is 6.42 Å². The Bertz CT molecular complexity index is 664. The number of benzene rings is 2. The first-order chi connectivity index (χ1) is 9.74. The van der Waals surface area contributed by atoms with Gasteiger partial charge >= 0.3 is 0 Å². The Balaban J connectivity index is 2.21. The van der Waals surface area contributed by atoms with Crippen molar-refractivity contribution < 1.29 is 9.94 Å². The smallest absolute Gasteiger partial charge is 0.119 e. The molecule has 2 aromatic carbocycles. The molecule has 0 aliphatic heterocycles. The van der Waals surface area contributed by atoms with Crippen molar-refractivity contribution in [2.45, 2.75) is 12.5 Å². The fourth-order valence-corrected chi connectivity index (χ4v) is 2.81. The molecule has 2 N–H and O–H groups in total. The Morgan fingerprint density at radius 3 is 2.75 bits per heavy atom. The molecule has 0 amide bonds. The van der Waals surface area contributed by atoms with Crippen molar-refractivity contribution in [3.8, 4) is 5.75 Å². The summed E-state index contributed by atoms with van der Waals surface area (Å²) in [6, 6.07) is 13.9. The molecule has 0 bridgehead atoms. The third kappa shape index (κ3) is 2.01. The Labute approximate surface area is 118 Å². The summed E-state index contributed by atoms with van der Waals surface area (Å²) < 4.78 is 5.29. The lowest BCUT2D eigenvalue weighted by Crippen LogP contribution is -2.19. The van der Waals surface area contributed by atoms with Crippen LogP contribution in [0, 0.1) is 0 Å². The Kier molecular flexibility index (Phi) is 3.30. The average Bonchev–Trinajstić information content (AvgIpc) is 2.62. The Morgan fingerprint density at radius 1 is 1.20 bits per heavy atom. The zero-order chi connectivity index (χ0) is 14.1. The van der Waals surface area contributed by atoms with Gasteiger partial charge in [0.2, 0.25) is 0 Å². The normalized spacial score (nSPS) is 17.1. The van der Waals surface area contributed by atoms with Crippen LogP contribution < -0.4 is 10.2 Å². The highest BCUT2D eigenvalue weighted by atomic mass is 16.5. The Hall–Kier alpha value is -2.10. The number of hydrogen-bond acceptors (Lipinski definition) is 3. The lowest BCUT2D eigenvalue weighted by atomic mass is 9.95. The van der Waals surface area contributed by atoms with E-state index in [0.717, 1.165) is 28.0 Å². The molecule has 1 aliphatic rings. The van der Waals surface area contributed by atoms with Crippen molar-refractivity contribution in [2.75, 3.05) is 7.11 Å². The van der Waals surface area contributed by atoms with E-state index in [9.17, 15) is 5.21 Å². The number of methoxy groups -OCH3 is 1. The summed E-state index contributed by atoms with van der Waals surface area (Å²) in [5, 5.41) is 9.52.